The van der Waals surface area contributed by atoms with Gasteiger partial charge in [0.15, 0.2) is 4.90 Å². The van der Waals surface area contributed by atoms with Gasteiger partial charge in [-0.05, 0) is 76.3 Å². The van der Waals surface area contributed by atoms with Crippen LogP contribution in [0.1, 0.15) is 46.6 Å². The van der Waals surface area contributed by atoms with Crippen molar-refractivity contribution in [1.29, 1.82) is 0 Å². The third kappa shape index (κ3) is 7.17. The molecule has 5 rings (SSSR count). The number of carbonyl (C=O) groups is 1. The molecule has 10 nitrogen and oxygen atoms in total. The van der Waals surface area contributed by atoms with E-state index in [0.717, 1.165) is 73.9 Å². The molecular formula is C35H38ClN5O5S. The quantitative estimate of drug-likeness (QED) is 0.0636. The lowest BCUT2D eigenvalue weighted by atomic mass is 9.98. The Morgan fingerprint density at radius 1 is 1.04 bits per heavy atom. The van der Waals surface area contributed by atoms with Crippen molar-refractivity contribution in [3.05, 3.63) is 104 Å². The van der Waals surface area contributed by atoms with E-state index in [1.807, 2.05) is 51.6 Å². The zero-order valence-electron chi connectivity index (χ0n) is 27.3. The molecule has 0 saturated carbocycles. The minimum absolute atomic E-state index is 0.0838. The Bertz CT molecular complexity index is 1940. The van der Waals surface area contributed by atoms with E-state index in [1.165, 1.54) is 29.8 Å². The van der Waals surface area contributed by atoms with Crippen molar-refractivity contribution in [1.82, 2.24) is 19.1 Å². The highest BCUT2D eigenvalue weighted by molar-refractivity contribution is 7.90. The van der Waals surface area contributed by atoms with Crippen molar-refractivity contribution in [2.24, 2.45) is 7.05 Å². The molecule has 5 aromatic rings. The van der Waals surface area contributed by atoms with Gasteiger partial charge < -0.3 is 13.9 Å². The smallest absolute Gasteiger partial charge is 0.269 e. The van der Waals surface area contributed by atoms with Gasteiger partial charge in [0.1, 0.15) is 17.1 Å². The molecule has 246 valence electrons. The van der Waals surface area contributed by atoms with Crippen molar-refractivity contribution in [2.75, 3.05) is 6.61 Å². The summed E-state index contributed by atoms with van der Waals surface area (Å²) in [5.74, 6) is 0.406. The van der Waals surface area contributed by atoms with Crippen LogP contribution in [-0.2, 0) is 36.2 Å². The zero-order chi connectivity index (χ0) is 34.0. The number of fused-ring (bicyclic) bond motifs is 1. The highest BCUT2D eigenvalue weighted by Gasteiger charge is 2.23. The van der Waals surface area contributed by atoms with Gasteiger partial charge in [-0.15, -0.1) is 0 Å². The summed E-state index contributed by atoms with van der Waals surface area (Å²) in [6.07, 6.45) is 1.64. The number of carbonyl (C=O) groups excluding carboxylic acids is 1. The molecule has 1 unspecified atom stereocenters. The third-order valence-electron chi connectivity index (χ3n) is 8.53. The first-order valence-electron chi connectivity index (χ1n) is 15.3. The SMILES string of the molecule is Cc1cc(OCCCc2c(C)n(CCC(=O)N[S+]([O-])c3ccc([N+](=O)[O-])cc3)c3c(-c4c(C)nn(C)c4C)cccc23)cc(C)c1Cl. The fraction of sp³-hybridized carbons (Fsp3) is 0.314. The highest BCUT2D eigenvalue weighted by atomic mass is 35.5. The average molecular weight is 676 g/mol. The van der Waals surface area contributed by atoms with E-state index in [0.29, 0.717) is 13.2 Å². The minimum Gasteiger partial charge on any atom is -0.588 e. The fourth-order valence-electron chi connectivity index (χ4n) is 6.11. The number of para-hydroxylation sites is 1. The average Bonchev–Trinajstić information content (AvgIpc) is 3.45. The molecule has 2 heterocycles. The normalized spacial score (nSPS) is 12.0. The Balaban J connectivity index is 1.40. The summed E-state index contributed by atoms with van der Waals surface area (Å²) >= 11 is 4.49. The van der Waals surface area contributed by atoms with Crippen molar-refractivity contribution in [2.45, 2.75) is 65.3 Å². The maximum atomic E-state index is 13.0. The van der Waals surface area contributed by atoms with Gasteiger partial charge in [-0.1, -0.05) is 29.8 Å². The Labute approximate surface area is 282 Å². The summed E-state index contributed by atoms with van der Waals surface area (Å²) in [5, 5.41) is 17.5. The largest absolute Gasteiger partial charge is 0.588 e. The number of aromatic nitrogens is 3. The van der Waals surface area contributed by atoms with Crippen LogP contribution >= 0.6 is 11.6 Å². The Kier molecular flexibility index (Phi) is 10.3. The van der Waals surface area contributed by atoms with E-state index < -0.39 is 22.2 Å². The van der Waals surface area contributed by atoms with Gasteiger partial charge in [-0.3, -0.25) is 19.6 Å². The van der Waals surface area contributed by atoms with Crippen LogP contribution in [0.3, 0.4) is 0 Å². The van der Waals surface area contributed by atoms with E-state index in [1.54, 1.807) is 0 Å². The number of halogens is 1. The second-order valence-electron chi connectivity index (χ2n) is 11.7. The van der Waals surface area contributed by atoms with Crippen molar-refractivity contribution in [3.63, 3.8) is 0 Å². The third-order valence-corrected chi connectivity index (χ3v) is 10.2. The highest BCUT2D eigenvalue weighted by Crippen LogP contribution is 2.38. The molecule has 3 aromatic carbocycles. The van der Waals surface area contributed by atoms with Crippen LogP contribution in [0.25, 0.3) is 22.0 Å². The zero-order valence-corrected chi connectivity index (χ0v) is 28.9. The second kappa shape index (κ2) is 14.2. The molecule has 0 aliphatic carbocycles. The van der Waals surface area contributed by atoms with E-state index in [4.69, 9.17) is 16.3 Å². The number of hydrogen-bond donors (Lipinski definition) is 1. The molecular weight excluding hydrogens is 638 g/mol. The number of amides is 1. The maximum Gasteiger partial charge on any atom is 0.269 e. The summed E-state index contributed by atoms with van der Waals surface area (Å²) in [6, 6.07) is 15.5. The van der Waals surface area contributed by atoms with Gasteiger partial charge >= 0.3 is 0 Å². The molecule has 1 amide bonds. The van der Waals surface area contributed by atoms with E-state index >= 15 is 0 Å². The van der Waals surface area contributed by atoms with Crippen LogP contribution in [0, 0.1) is 44.7 Å². The molecule has 0 aliphatic heterocycles. The molecule has 0 bridgehead atoms. The standard InChI is InChI=1S/C35H38ClN5O5S/c1-21-19-27(20-22(2)34(21)36)46-18-8-11-29-24(4)40(17-16-32(42)38-47(45)28-14-12-26(13-15-28)41(43)44)35-30(29)9-7-10-31(35)33-23(3)37-39(6)25(33)5/h7,9-10,12-15,19-20H,8,11,16-18H2,1-6H3,(H,38,42). The first-order chi connectivity index (χ1) is 22.4. The van der Waals surface area contributed by atoms with Gasteiger partial charge in [-0.25, -0.2) is 0 Å². The van der Waals surface area contributed by atoms with Gasteiger partial charge in [-0.2, -0.15) is 9.82 Å². The molecule has 1 N–H and O–H groups in total. The lowest BCUT2D eigenvalue weighted by Crippen LogP contribution is -2.31. The first-order valence-corrected chi connectivity index (χ1v) is 16.9. The van der Waals surface area contributed by atoms with Gasteiger partial charge in [0.2, 0.25) is 0 Å². The number of ether oxygens (including phenoxy) is 1. The maximum absolute atomic E-state index is 13.0. The predicted octanol–water partition coefficient (Wildman–Crippen LogP) is 7.39. The second-order valence-corrected chi connectivity index (χ2v) is 13.3. The van der Waals surface area contributed by atoms with Crippen LogP contribution in [0.5, 0.6) is 5.75 Å². The number of nitro groups is 1. The topological polar surface area (TPSA) is 127 Å². The summed E-state index contributed by atoms with van der Waals surface area (Å²) in [5.41, 5.74) is 9.17. The molecule has 0 spiro atoms. The number of benzene rings is 3. The number of aryl methyl sites for hydroxylation is 6. The monoisotopic (exact) mass is 675 g/mol. The van der Waals surface area contributed by atoms with E-state index in [2.05, 4.69) is 39.5 Å². The predicted molar refractivity (Wildman–Crippen MR) is 185 cm³/mol. The summed E-state index contributed by atoms with van der Waals surface area (Å²) in [6.45, 7) is 11.0. The number of nitrogens with zero attached hydrogens (tertiary/aromatic N) is 4. The summed E-state index contributed by atoms with van der Waals surface area (Å²) < 4.78 is 25.5. The molecule has 2 aromatic heterocycles. The first kappa shape index (κ1) is 34.0. The Morgan fingerprint density at radius 3 is 2.34 bits per heavy atom. The number of hydrogen-bond acceptors (Lipinski definition) is 6. The summed E-state index contributed by atoms with van der Waals surface area (Å²) in [4.78, 5) is 23.8. The lowest BCUT2D eigenvalue weighted by Gasteiger charge is -2.14. The molecule has 12 heteroatoms. The fourth-order valence-corrected chi connectivity index (χ4v) is 7.03. The van der Waals surface area contributed by atoms with Crippen molar-refractivity contribution < 1.29 is 19.0 Å². The number of nitro benzene ring substituents is 1. The van der Waals surface area contributed by atoms with Crippen LogP contribution in [0.15, 0.2) is 59.5 Å². The minimum atomic E-state index is -1.85. The molecule has 0 radical (unpaired) electrons. The van der Waals surface area contributed by atoms with Crippen LogP contribution in [-0.4, -0.2) is 36.3 Å². The van der Waals surface area contributed by atoms with Gasteiger partial charge in [0.05, 0.1) is 22.7 Å². The van der Waals surface area contributed by atoms with Crippen molar-refractivity contribution in [3.8, 4) is 16.9 Å². The van der Waals surface area contributed by atoms with E-state index in [9.17, 15) is 19.5 Å². The molecule has 0 fully saturated rings. The van der Waals surface area contributed by atoms with Crippen LogP contribution in [0.2, 0.25) is 5.02 Å². The number of nitrogens with one attached hydrogen (secondary N) is 1. The molecule has 0 saturated heterocycles. The molecule has 1 atom stereocenters. The van der Waals surface area contributed by atoms with Crippen LogP contribution in [0.4, 0.5) is 5.69 Å². The number of rotatable bonds is 12. The Morgan fingerprint density at radius 2 is 1.72 bits per heavy atom. The molecule has 47 heavy (non-hydrogen) atoms. The van der Waals surface area contributed by atoms with Gasteiger partial charge in [0.25, 0.3) is 11.6 Å². The number of non-ortho nitro benzene ring substituents is 1. The van der Waals surface area contributed by atoms with Crippen LogP contribution < -0.4 is 9.46 Å². The Hall–Kier alpha value is -4.32. The van der Waals surface area contributed by atoms with Crippen molar-refractivity contribution >= 4 is 45.5 Å². The summed E-state index contributed by atoms with van der Waals surface area (Å²) in [7, 11) is 1.93. The molecule has 0 aliphatic rings. The van der Waals surface area contributed by atoms with Gasteiger partial charge in [0, 0.05) is 77.2 Å². The lowest BCUT2D eigenvalue weighted by molar-refractivity contribution is -0.384. The van der Waals surface area contributed by atoms with E-state index in [-0.39, 0.29) is 17.0 Å².